The lowest BCUT2D eigenvalue weighted by Gasteiger charge is -2.30. The van der Waals surface area contributed by atoms with Gasteiger partial charge in [-0.3, -0.25) is 19.7 Å². The lowest BCUT2D eigenvalue weighted by Crippen LogP contribution is -2.36. The Balaban J connectivity index is 1.73. The summed E-state index contributed by atoms with van der Waals surface area (Å²) in [5.41, 5.74) is 1.54. The maximum absolute atomic E-state index is 12.9. The summed E-state index contributed by atoms with van der Waals surface area (Å²) in [6, 6.07) is 11.0. The molecule has 0 bridgehead atoms. The Hall–Kier alpha value is -2.88. The SMILES string of the molecule is O=C1S/C(=C\c2cc([N+](=O)[O-])ccc2N2CCOCC2)C(=O)N1c1cccc(Cl)c1. The maximum atomic E-state index is 12.9. The Labute approximate surface area is 181 Å². The number of nitro groups is 1. The van der Waals surface area contributed by atoms with Crippen LogP contribution in [0.5, 0.6) is 0 Å². The number of thioether (sulfide) groups is 1. The molecule has 2 heterocycles. The minimum atomic E-state index is -0.494. The van der Waals surface area contributed by atoms with E-state index in [1.165, 1.54) is 24.3 Å². The van der Waals surface area contributed by atoms with E-state index in [2.05, 4.69) is 0 Å². The van der Waals surface area contributed by atoms with Crippen molar-refractivity contribution in [3.63, 3.8) is 0 Å². The monoisotopic (exact) mass is 445 g/mol. The number of benzene rings is 2. The van der Waals surface area contributed by atoms with E-state index >= 15 is 0 Å². The number of morpholine rings is 1. The Bertz CT molecular complexity index is 1070. The number of rotatable bonds is 4. The van der Waals surface area contributed by atoms with Gasteiger partial charge in [-0.25, -0.2) is 4.90 Å². The number of halogens is 1. The van der Waals surface area contributed by atoms with Crippen molar-refractivity contribution in [1.29, 1.82) is 0 Å². The Morgan fingerprint density at radius 2 is 1.90 bits per heavy atom. The molecule has 2 aromatic carbocycles. The molecular weight excluding hydrogens is 430 g/mol. The number of nitro benzene ring substituents is 1. The van der Waals surface area contributed by atoms with Crippen LogP contribution in [0.3, 0.4) is 0 Å². The lowest BCUT2D eigenvalue weighted by atomic mass is 10.1. The fourth-order valence-electron chi connectivity index (χ4n) is 3.31. The molecule has 4 rings (SSSR count). The van der Waals surface area contributed by atoms with Crippen LogP contribution in [0.2, 0.25) is 5.02 Å². The van der Waals surface area contributed by atoms with Gasteiger partial charge in [0.2, 0.25) is 0 Å². The molecule has 0 radical (unpaired) electrons. The summed E-state index contributed by atoms with van der Waals surface area (Å²) in [5, 5.41) is 11.2. The molecule has 0 aliphatic carbocycles. The number of carbonyl (C=O) groups is 2. The van der Waals surface area contributed by atoms with Crippen molar-refractivity contribution in [3.8, 4) is 0 Å². The number of nitrogens with zero attached hydrogens (tertiary/aromatic N) is 3. The maximum Gasteiger partial charge on any atom is 0.298 e. The number of non-ortho nitro benzene ring substituents is 1. The highest BCUT2D eigenvalue weighted by molar-refractivity contribution is 8.19. The van der Waals surface area contributed by atoms with E-state index in [9.17, 15) is 19.7 Å². The number of carbonyl (C=O) groups excluding carboxylic acids is 2. The van der Waals surface area contributed by atoms with Crippen LogP contribution < -0.4 is 9.80 Å². The first-order valence-electron chi connectivity index (χ1n) is 9.09. The third kappa shape index (κ3) is 4.04. The van der Waals surface area contributed by atoms with Gasteiger partial charge in [-0.05, 0) is 42.1 Å². The molecule has 0 aromatic heterocycles. The van der Waals surface area contributed by atoms with E-state index in [4.69, 9.17) is 16.3 Å². The van der Waals surface area contributed by atoms with E-state index in [0.29, 0.717) is 42.6 Å². The molecule has 0 unspecified atom stereocenters. The quantitative estimate of drug-likeness (QED) is 0.393. The molecule has 2 amide bonds. The van der Waals surface area contributed by atoms with Crippen LogP contribution in [0.25, 0.3) is 6.08 Å². The number of amides is 2. The van der Waals surface area contributed by atoms with Gasteiger partial charge < -0.3 is 9.64 Å². The molecule has 10 heteroatoms. The number of anilines is 2. The van der Waals surface area contributed by atoms with Crippen molar-refractivity contribution < 1.29 is 19.2 Å². The minimum absolute atomic E-state index is 0.0904. The highest BCUT2D eigenvalue weighted by Gasteiger charge is 2.36. The predicted octanol–water partition coefficient (Wildman–Crippen LogP) is 4.33. The van der Waals surface area contributed by atoms with Gasteiger partial charge in [0.05, 0.1) is 28.7 Å². The Morgan fingerprint density at radius 1 is 1.13 bits per heavy atom. The first-order valence-corrected chi connectivity index (χ1v) is 10.3. The Kier molecular flexibility index (Phi) is 5.76. The highest BCUT2D eigenvalue weighted by atomic mass is 35.5. The fraction of sp³-hybridized carbons (Fsp3) is 0.200. The van der Waals surface area contributed by atoms with Crippen molar-refractivity contribution in [2.24, 2.45) is 0 Å². The smallest absolute Gasteiger partial charge is 0.298 e. The summed E-state index contributed by atoms with van der Waals surface area (Å²) in [6.07, 6.45) is 1.53. The molecule has 30 heavy (non-hydrogen) atoms. The van der Waals surface area contributed by atoms with Crippen molar-refractivity contribution in [1.82, 2.24) is 0 Å². The number of imide groups is 1. The van der Waals surface area contributed by atoms with Crippen LogP contribution in [-0.2, 0) is 9.53 Å². The third-order valence-corrected chi connectivity index (χ3v) is 5.83. The highest BCUT2D eigenvalue weighted by Crippen LogP contribution is 2.38. The predicted molar refractivity (Wildman–Crippen MR) is 116 cm³/mol. The average Bonchev–Trinajstić information content (AvgIpc) is 3.01. The number of hydrogen-bond donors (Lipinski definition) is 0. The topological polar surface area (TPSA) is 93.0 Å². The van der Waals surface area contributed by atoms with Crippen LogP contribution in [0.4, 0.5) is 21.9 Å². The molecule has 2 aromatic rings. The normalized spacial score (nSPS) is 18.4. The lowest BCUT2D eigenvalue weighted by molar-refractivity contribution is -0.384. The molecule has 2 aliphatic heterocycles. The molecular formula is C20H16ClN3O5S. The number of hydrogen-bond acceptors (Lipinski definition) is 7. The minimum Gasteiger partial charge on any atom is -0.378 e. The van der Waals surface area contributed by atoms with E-state index in [0.717, 1.165) is 22.3 Å². The molecule has 2 saturated heterocycles. The summed E-state index contributed by atoms with van der Waals surface area (Å²) in [5.74, 6) is -0.494. The van der Waals surface area contributed by atoms with E-state index in [1.54, 1.807) is 24.3 Å². The van der Waals surface area contributed by atoms with Crippen LogP contribution in [0.15, 0.2) is 47.4 Å². The van der Waals surface area contributed by atoms with Gasteiger partial charge in [0.1, 0.15) is 0 Å². The third-order valence-electron chi connectivity index (χ3n) is 4.72. The zero-order valence-corrected chi connectivity index (χ0v) is 17.2. The molecule has 0 spiro atoms. The van der Waals surface area contributed by atoms with Crippen molar-refractivity contribution in [3.05, 3.63) is 68.1 Å². The van der Waals surface area contributed by atoms with Gasteiger partial charge >= 0.3 is 0 Å². The second-order valence-corrected chi connectivity index (χ2v) is 8.03. The van der Waals surface area contributed by atoms with Crippen molar-refractivity contribution >= 4 is 57.6 Å². The zero-order valence-electron chi connectivity index (χ0n) is 15.6. The molecule has 8 nitrogen and oxygen atoms in total. The fourth-order valence-corrected chi connectivity index (χ4v) is 4.33. The van der Waals surface area contributed by atoms with E-state index < -0.39 is 16.1 Å². The van der Waals surface area contributed by atoms with Crippen LogP contribution >= 0.6 is 23.4 Å². The average molecular weight is 446 g/mol. The summed E-state index contributed by atoms with van der Waals surface area (Å²) in [6.45, 7) is 2.34. The number of ether oxygens (including phenoxy) is 1. The molecule has 2 fully saturated rings. The summed E-state index contributed by atoms with van der Waals surface area (Å²) < 4.78 is 5.37. The van der Waals surface area contributed by atoms with Crippen LogP contribution in [0, 0.1) is 10.1 Å². The van der Waals surface area contributed by atoms with E-state index in [-0.39, 0.29) is 10.6 Å². The summed E-state index contributed by atoms with van der Waals surface area (Å²) >= 11 is 6.78. The first kappa shape index (κ1) is 20.4. The standard InChI is InChI=1S/C20H16ClN3O5S/c21-14-2-1-3-15(12-14)23-19(25)18(30-20(23)26)11-13-10-16(24(27)28)4-5-17(13)22-6-8-29-9-7-22/h1-5,10-12H,6-9H2/b18-11-. The van der Waals surface area contributed by atoms with Gasteiger partial charge in [0.15, 0.2) is 0 Å². The molecule has 2 aliphatic rings. The molecule has 0 N–H and O–H groups in total. The zero-order chi connectivity index (χ0) is 21.3. The van der Waals surface area contributed by atoms with E-state index in [1.807, 2.05) is 4.90 Å². The van der Waals surface area contributed by atoms with Gasteiger partial charge in [0.25, 0.3) is 16.8 Å². The second kappa shape index (κ2) is 8.47. The molecule has 0 atom stereocenters. The largest absolute Gasteiger partial charge is 0.378 e. The Morgan fingerprint density at radius 3 is 2.60 bits per heavy atom. The van der Waals surface area contributed by atoms with Gasteiger partial charge in [-0.2, -0.15) is 0 Å². The van der Waals surface area contributed by atoms with Crippen LogP contribution in [-0.4, -0.2) is 42.4 Å². The van der Waals surface area contributed by atoms with Gasteiger partial charge in [-0.1, -0.05) is 17.7 Å². The van der Waals surface area contributed by atoms with Crippen molar-refractivity contribution in [2.45, 2.75) is 0 Å². The molecule has 0 saturated carbocycles. The first-order chi connectivity index (χ1) is 14.4. The van der Waals surface area contributed by atoms with Gasteiger partial charge in [-0.15, -0.1) is 0 Å². The van der Waals surface area contributed by atoms with Crippen LogP contribution in [0.1, 0.15) is 5.56 Å². The summed E-state index contributed by atoms with van der Waals surface area (Å²) in [7, 11) is 0. The molecule has 154 valence electrons. The van der Waals surface area contributed by atoms with Crippen molar-refractivity contribution in [2.75, 3.05) is 36.1 Å². The van der Waals surface area contributed by atoms with Gasteiger partial charge in [0, 0.05) is 41.5 Å². The second-order valence-electron chi connectivity index (χ2n) is 6.60. The summed E-state index contributed by atoms with van der Waals surface area (Å²) in [4.78, 5) is 39.5.